The minimum absolute atomic E-state index is 0.0239. The molecule has 0 saturated heterocycles. The lowest BCUT2D eigenvalue weighted by molar-refractivity contribution is -0.673. The molecule has 1 unspecified atom stereocenters. The Morgan fingerprint density at radius 1 is 0.673 bits per heavy atom. The van der Waals surface area contributed by atoms with Crippen LogP contribution < -0.4 is 19.8 Å². The predicted molar refractivity (Wildman–Crippen MR) is 200 cm³/mol. The summed E-state index contributed by atoms with van der Waals surface area (Å²) in [5.74, 6) is -0.745. The van der Waals surface area contributed by atoms with Crippen LogP contribution in [0, 0.1) is 0 Å². The molecule has 2 heterocycles. The van der Waals surface area contributed by atoms with E-state index < -0.39 is 40.7 Å². The number of hydrogen-bond donors (Lipinski definition) is 2. The SMILES string of the molecule is CCCCCCCCn1cc[n+](C)c1C(=O)Nc1ccc(C(c2cccc(NC(=O)c3n(C(C)CCCCCC)cc[n+]3C)c2)(C(F)(F)F)C(F)(F)F)cc1. The number of amides is 2. The summed E-state index contributed by atoms with van der Waals surface area (Å²) in [5.41, 5.74) is -6.88. The number of anilines is 2. The Kier molecular flexibility index (Phi) is 14.7. The van der Waals surface area contributed by atoms with Gasteiger partial charge in [0.25, 0.3) is 0 Å². The Morgan fingerprint density at radius 3 is 1.85 bits per heavy atom. The van der Waals surface area contributed by atoms with Crippen LogP contribution in [0.1, 0.15) is 130 Å². The van der Waals surface area contributed by atoms with Crippen molar-refractivity contribution in [3.05, 3.63) is 96.1 Å². The zero-order valence-electron chi connectivity index (χ0n) is 32.4. The van der Waals surface area contributed by atoms with E-state index in [1.54, 1.807) is 57.2 Å². The quantitative estimate of drug-likeness (QED) is 0.0566. The molecule has 2 amide bonds. The van der Waals surface area contributed by atoms with E-state index in [9.17, 15) is 9.59 Å². The van der Waals surface area contributed by atoms with Crippen LogP contribution in [0.15, 0.2) is 73.3 Å². The Morgan fingerprint density at radius 2 is 1.22 bits per heavy atom. The van der Waals surface area contributed by atoms with Crippen LogP contribution in [0.25, 0.3) is 0 Å². The first-order valence-corrected chi connectivity index (χ1v) is 19.1. The van der Waals surface area contributed by atoms with Gasteiger partial charge in [-0.1, -0.05) is 83.1 Å². The Balaban J connectivity index is 1.60. The molecule has 2 aromatic heterocycles. The average molecular weight is 777 g/mol. The number of benzene rings is 2. The molecule has 4 aromatic rings. The first-order valence-electron chi connectivity index (χ1n) is 19.1. The number of hydrogen-bond acceptors (Lipinski definition) is 2. The normalized spacial score (nSPS) is 12.9. The number of nitrogens with one attached hydrogen (secondary N) is 2. The average Bonchev–Trinajstić information content (AvgIpc) is 3.69. The molecule has 4 rings (SSSR count). The van der Waals surface area contributed by atoms with Crippen molar-refractivity contribution in [2.24, 2.45) is 14.1 Å². The lowest BCUT2D eigenvalue weighted by Gasteiger charge is -2.38. The number of carbonyl (C=O) groups is 2. The summed E-state index contributed by atoms with van der Waals surface area (Å²) in [6.45, 7) is 6.78. The minimum Gasteiger partial charge on any atom is -0.315 e. The fraction of sp³-hybridized carbons (Fsp3) is 0.512. The van der Waals surface area contributed by atoms with Crippen molar-refractivity contribution in [1.82, 2.24) is 9.13 Å². The van der Waals surface area contributed by atoms with Crippen molar-refractivity contribution in [1.29, 1.82) is 0 Å². The molecule has 2 N–H and O–H groups in total. The Bertz CT molecular complexity index is 1850. The molecule has 0 spiro atoms. The molecule has 2 aromatic carbocycles. The van der Waals surface area contributed by atoms with Gasteiger partial charge in [0.2, 0.25) is 5.41 Å². The molecule has 0 aliphatic heterocycles. The fourth-order valence-electron chi connectivity index (χ4n) is 7.18. The van der Waals surface area contributed by atoms with Crippen molar-refractivity contribution in [2.45, 2.75) is 122 Å². The molecule has 0 aliphatic carbocycles. The van der Waals surface area contributed by atoms with Gasteiger partial charge in [0, 0.05) is 11.4 Å². The maximum absolute atomic E-state index is 15.1. The van der Waals surface area contributed by atoms with Crippen molar-refractivity contribution in [3.8, 4) is 0 Å². The molecule has 14 heteroatoms. The summed E-state index contributed by atoms with van der Waals surface area (Å²) in [4.78, 5) is 26.9. The lowest BCUT2D eigenvalue weighted by atomic mass is 9.72. The molecule has 0 bridgehead atoms. The number of alkyl halides is 6. The van der Waals surface area contributed by atoms with Crippen LogP contribution in [-0.2, 0) is 26.1 Å². The second-order valence-electron chi connectivity index (χ2n) is 14.3. The largest absolute Gasteiger partial charge is 0.411 e. The van der Waals surface area contributed by atoms with Crippen LogP contribution in [-0.4, -0.2) is 33.3 Å². The molecule has 300 valence electrons. The number of carbonyl (C=O) groups excluding carboxylic acids is 2. The zero-order chi connectivity index (χ0) is 40.4. The predicted octanol–water partition coefficient (Wildman–Crippen LogP) is 9.75. The summed E-state index contributed by atoms with van der Waals surface area (Å²) in [7, 11) is 3.32. The summed E-state index contributed by atoms with van der Waals surface area (Å²) in [5, 5.41) is 5.16. The van der Waals surface area contributed by atoms with Gasteiger partial charge in [-0.3, -0.25) is 9.59 Å². The molecular formula is C41H54F6N6O2+2. The van der Waals surface area contributed by atoms with E-state index in [1.807, 2.05) is 6.92 Å². The highest BCUT2D eigenvalue weighted by atomic mass is 19.4. The monoisotopic (exact) mass is 776 g/mol. The highest BCUT2D eigenvalue weighted by molar-refractivity contribution is 6.01. The van der Waals surface area contributed by atoms with Gasteiger partial charge >= 0.3 is 35.8 Å². The molecule has 8 nitrogen and oxygen atoms in total. The first kappa shape index (κ1) is 43.1. The minimum atomic E-state index is -5.85. The highest BCUT2D eigenvalue weighted by Gasteiger charge is 2.72. The maximum atomic E-state index is 15.1. The second-order valence-corrected chi connectivity index (χ2v) is 14.3. The van der Waals surface area contributed by atoms with Gasteiger partial charge in [-0.15, -0.1) is 0 Å². The van der Waals surface area contributed by atoms with Crippen LogP contribution in [0.5, 0.6) is 0 Å². The molecular weight excluding hydrogens is 722 g/mol. The third kappa shape index (κ3) is 9.98. The van der Waals surface area contributed by atoms with Gasteiger partial charge in [-0.25, -0.2) is 18.3 Å². The second kappa shape index (κ2) is 18.8. The number of unbranched alkanes of at least 4 members (excludes halogenated alkanes) is 8. The van der Waals surface area contributed by atoms with Gasteiger partial charge in [-0.05, 0) is 68.0 Å². The lowest BCUT2D eigenvalue weighted by Crippen LogP contribution is -2.54. The number of aromatic nitrogens is 4. The molecule has 0 saturated carbocycles. The number of rotatable bonds is 19. The third-order valence-corrected chi connectivity index (χ3v) is 10.2. The van der Waals surface area contributed by atoms with E-state index in [-0.39, 0.29) is 23.2 Å². The van der Waals surface area contributed by atoms with Crippen molar-refractivity contribution in [2.75, 3.05) is 10.6 Å². The van der Waals surface area contributed by atoms with Crippen molar-refractivity contribution < 1.29 is 45.1 Å². The van der Waals surface area contributed by atoms with Gasteiger partial charge in [0.15, 0.2) is 0 Å². The van der Waals surface area contributed by atoms with Crippen LogP contribution >= 0.6 is 0 Å². The van der Waals surface area contributed by atoms with Crippen LogP contribution in [0.2, 0.25) is 0 Å². The van der Waals surface area contributed by atoms with E-state index >= 15 is 26.3 Å². The number of imidazole rings is 2. The fourth-order valence-corrected chi connectivity index (χ4v) is 7.18. The standard InChI is InChI=1S/C41H52F6N6O2/c1-6-8-10-12-13-15-24-52-27-25-50(4)37(52)35(54)48-33-22-20-31(21-23-33)39(40(42,43)44,41(45,46)47)32-18-16-19-34(29-32)49-36(55)38-51(5)26-28-53(38)30(3)17-14-11-9-7-2/h16,18-23,25-30H,6-15,17,24H2,1-5H3/p+2. The highest BCUT2D eigenvalue weighted by Crippen LogP contribution is 2.56. The van der Waals surface area contributed by atoms with Gasteiger partial charge in [0.05, 0.1) is 26.7 Å². The number of halogens is 6. The first-order chi connectivity index (χ1) is 26.1. The Hall–Kier alpha value is -4.62. The number of aryl methyl sites for hydroxylation is 3. The van der Waals surface area contributed by atoms with E-state index in [4.69, 9.17) is 0 Å². The number of nitrogens with zero attached hydrogens (tertiary/aromatic N) is 4. The van der Waals surface area contributed by atoms with Crippen LogP contribution in [0.4, 0.5) is 37.7 Å². The van der Waals surface area contributed by atoms with Gasteiger partial charge in [0.1, 0.15) is 24.8 Å². The van der Waals surface area contributed by atoms with Gasteiger partial charge < -0.3 is 10.6 Å². The molecule has 1 atom stereocenters. The zero-order valence-corrected chi connectivity index (χ0v) is 32.4. The summed E-state index contributed by atoms with van der Waals surface area (Å²) in [6, 6.07) is 7.23. The van der Waals surface area contributed by atoms with Crippen LogP contribution in [0.3, 0.4) is 0 Å². The summed E-state index contributed by atoms with van der Waals surface area (Å²) >= 11 is 0. The van der Waals surface area contributed by atoms with Gasteiger partial charge in [-0.2, -0.15) is 26.3 Å². The molecule has 0 fully saturated rings. The van der Waals surface area contributed by atoms with E-state index in [1.165, 1.54) is 6.07 Å². The van der Waals surface area contributed by atoms with E-state index in [0.29, 0.717) is 18.4 Å². The Labute approximate surface area is 319 Å². The van der Waals surface area contributed by atoms with Crippen molar-refractivity contribution >= 4 is 23.2 Å². The summed E-state index contributed by atoms with van der Waals surface area (Å²) < 4.78 is 97.2. The van der Waals surface area contributed by atoms with E-state index in [0.717, 1.165) is 107 Å². The summed E-state index contributed by atoms with van der Waals surface area (Å²) in [6.07, 6.45) is 6.45. The topological polar surface area (TPSA) is 75.8 Å². The van der Waals surface area contributed by atoms with Crippen molar-refractivity contribution in [3.63, 3.8) is 0 Å². The maximum Gasteiger partial charge on any atom is 0.411 e. The van der Waals surface area contributed by atoms with E-state index in [2.05, 4.69) is 24.5 Å². The molecule has 0 aliphatic rings. The smallest absolute Gasteiger partial charge is 0.315 e. The third-order valence-electron chi connectivity index (χ3n) is 10.2. The molecule has 55 heavy (non-hydrogen) atoms. The molecule has 0 radical (unpaired) electrons.